The monoisotopic (exact) mass is 242 g/mol. The van der Waals surface area contributed by atoms with Crippen LogP contribution in [0.25, 0.3) is 0 Å². The van der Waals surface area contributed by atoms with Crippen LogP contribution >= 0.6 is 0 Å². The summed E-state index contributed by atoms with van der Waals surface area (Å²) in [4.78, 5) is 15.7. The average Bonchev–Trinajstić information content (AvgIpc) is 2.39. The molecule has 4 nitrogen and oxygen atoms in total. The van der Waals surface area contributed by atoms with Gasteiger partial charge in [-0.1, -0.05) is 25.1 Å². The second kappa shape index (κ2) is 5.31. The predicted molar refractivity (Wildman–Crippen MR) is 69.7 cm³/mol. The number of benzene rings is 1. The highest BCUT2D eigenvalue weighted by Crippen LogP contribution is 2.19. The van der Waals surface area contributed by atoms with E-state index in [4.69, 9.17) is 0 Å². The smallest absolute Gasteiger partial charge is 0.259 e. The Labute approximate surface area is 105 Å². The van der Waals surface area contributed by atoms with Crippen molar-refractivity contribution in [2.75, 3.05) is 5.32 Å². The number of para-hydroxylation sites is 1. The number of rotatable bonds is 3. The predicted octanol–water partition coefficient (Wildman–Crippen LogP) is 2.60. The number of nitrogens with zero attached hydrogens (tertiary/aromatic N) is 1. The maximum Gasteiger partial charge on any atom is 0.259 e. The van der Waals surface area contributed by atoms with E-state index in [1.54, 1.807) is 0 Å². The molecule has 2 rings (SSSR count). The fourth-order valence-electron chi connectivity index (χ4n) is 1.72. The molecule has 0 aliphatic carbocycles. The number of aromatic nitrogens is 1. The molecule has 92 valence electrons. The Morgan fingerprint density at radius 2 is 2.11 bits per heavy atom. The van der Waals surface area contributed by atoms with Crippen LogP contribution in [-0.4, -0.2) is 16.0 Å². The fourth-order valence-corrected chi connectivity index (χ4v) is 1.72. The molecule has 1 amide bonds. The molecule has 2 N–H and O–H groups in total. The van der Waals surface area contributed by atoms with Gasteiger partial charge in [-0.2, -0.15) is 0 Å². The largest absolute Gasteiger partial charge is 0.505 e. The van der Waals surface area contributed by atoms with Crippen molar-refractivity contribution in [2.45, 2.75) is 13.3 Å². The van der Waals surface area contributed by atoms with Crippen molar-refractivity contribution in [3.05, 3.63) is 53.9 Å². The van der Waals surface area contributed by atoms with Gasteiger partial charge in [0.2, 0.25) is 0 Å². The van der Waals surface area contributed by atoms with Crippen LogP contribution in [0.1, 0.15) is 22.8 Å². The second-order valence-electron chi connectivity index (χ2n) is 3.86. The molecule has 0 saturated carbocycles. The molecule has 0 spiro atoms. The van der Waals surface area contributed by atoms with Crippen molar-refractivity contribution >= 4 is 11.6 Å². The van der Waals surface area contributed by atoms with Crippen molar-refractivity contribution in [3.8, 4) is 5.75 Å². The average molecular weight is 242 g/mol. The lowest BCUT2D eigenvalue weighted by molar-refractivity contribution is 0.102. The van der Waals surface area contributed by atoms with E-state index in [1.165, 1.54) is 18.5 Å². The molecule has 1 heterocycles. The summed E-state index contributed by atoms with van der Waals surface area (Å²) < 4.78 is 0. The highest BCUT2D eigenvalue weighted by atomic mass is 16.3. The lowest BCUT2D eigenvalue weighted by Crippen LogP contribution is -2.13. The molecule has 1 aromatic heterocycles. The quantitative estimate of drug-likeness (QED) is 0.869. The SMILES string of the molecule is CCc1ccccc1NC(=O)c1ccncc1O. The van der Waals surface area contributed by atoms with E-state index in [1.807, 2.05) is 31.2 Å². The summed E-state index contributed by atoms with van der Waals surface area (Å²) in [6.45, 7) is 2.02. The molecule has 0 saturated heterocycles. The Hall–Kier alpha value is -2.36. The first-order valence-corrected chi connectivity index (χ1v) is 5.74. The number of hydrogen-bond donors (Lipinski definition) is 2. The Kier molecular flexibility index (Phi) is 3.57. The van der Waals surface area contributed by atoms with Crippen LogP contribution in [-0.2, 0) is 6.42 Å². The number of carbonyl (C=O) groups excluding carboxylic acids is 1. The molecule has 0 radical (unpaired) electrons. The molecular weight excluding hydrogens is 228 g/mol. The Balaban J connectivity index is 2.24. The summed E-state index contributed by atoms with van der Waals surface area (Å²) in [5.41, 5.74) is 2.04. The number of hydrogen-bond acceptors (Lipinski definition) is 3. The summed E-state index contributed by atoms with van der Waals surface area (Å²) in [7, 11) is 0. The first kappa shape index (κ1) is 12.1. The summed E-state index contributed by atoms with van der Waals surface area (Å²) in [6.07, 6.45) is 3.56. The highest BCUT2D eigenvalue weighted by Gasteiger charge is 2.11. The fraction of sp³-hybridized carbons (Fsp3) is 0.143. The van der Waals surface area contributed by atoms with Crippen LogP contribution in [0.2, 0.25) is 0 Å². The zero-order valence-corrected chi connectivity index (χ0v) is 10.1. The zero-order chi connectivity index (χ0) is 13.0. The summed E-state index contributed by atoms with van der Waals surface area (Å²) in [5.74, 6) is -0.459. The number of aromatic hydroxyl groups is 1. The van der Waals surface area contributed by atoms with Crippen molar-refractivity contribution < 1.29 is 9.90 Å². The number of pyridine rings is 1. The molecule has 0 aliphatic rings. The third kappa shape index (κ3) is 2.48. The highest BCUT2D eigenvalue weighted by molar-refractivity contribution is 6.06. The van der Waals surface area contributed by atoms with Crippen LogP contribution < -0.4 is 5.32 Å². The molecular formula is C14H14N2O2. The van der Waals surface area contributed by atoms with Crippen molar-refractivity contribution in [1.82, 2.24) is 4.98 Å². The molecule has 18 heavy (non-hydrogen) atoms. The van der Waals surface area contributed by atoms with E-state index in [2.05, 4.69) is 10.3 Å². The van der Waals surface area contributed by atoms with Crippen LogP contribution in [0.4, 0.5) is 5.69 Å². The van der Waals surface area contributed by atoms with Gasteiger partial charge < -0.3 is 10.4 Å². The van der Waals surface area contributed by atoms with Gasteiger partial charge in [-0.15, -0.1) is 0 Å². The van der Waals surface area contributed by atoms with E-state index >= 15 is 0 Å². The van der Waals surface area contributed by atoms with Crippen LogP contribution in [0, 0.1) is 0 Å². The van der Waals surface area contributed by atoms with E-state index in [9.17, 15) is 9.90 Å². The van der Waals surface area contributed by atoms with Gasteiger partial charge in [0.15, 0.2) is 0 Å². The number of carbonyl (C=O) groups is 1. The first-order valence-electron chi connectivity index (χ1n) is 5.74. The summed E-state index contributed by atoms with van der Waals surface area (Å²) in [6, 6.07) is 9.08. The number of aryl methyl sites for hydroxylation is 1. The molecule has 2 aromatic rings. The van der Waals surface area contributed by atoms with Gasteiger partial charge in [-0.25, -0.2) is 0 Å². The minimum absolute atomic E-state index is 0.121. The van der Waals surface area contributed by atoms with Gasteiger partial charge in [0.05, 0.1) is 11.8 Å². The van der Waals surface area contributed by atoms with Crippen molar-refractivity contribution in [3.63, 3.8) is 0 Å². The van der Waals surface area contributed by atoms with Crippen molar-refractivity contribution in [1.29, 1.82) is 0 Å². The van der Waals surface area contributed by atoms with Gasteiger partial charge in [0.25, 0.3) is 5.91 Å². The van der Waals surface area contributed by atoms with E-state index < -0.39 is 0 Å². The number of amides is 1. The molecule has 4 heteroatoms. The standard InChI is InChI=1S/C14H14N2O2/c1-2-10-5-3-4-6-12(10)16-14(18)11-7-8-15-9-13(11)17/h3-9,17H,2H2,1H3,(H,16,18). The lowest BCUT2D eigenvalue weighted by Gasteiger charge is -2.10. The van der Waals surface area contributed by atoms with Crippen LogP contribution in [0.15, 0.2) is 42.7 Å². The minimum atomic E-state index is -0.337. The van der Waals surface area contributed by atoms with Gasteiger partial charge in [0.1, 0.15) is 5.75 Å². The summed E-state index contributed by atoms with van der Waals surface area (Å²) >= 11 is 0. The topological polar surface area (TPSA) is 62.2 Å². The van der Waals surface area contributed by atoms with E-state index in [-0.39, 0.29) is 17.2 Å². The Bertz CT molecular complexity index is 567. The Morgan fingerprint density at radius 3 is 2.83 bits per heavy atom. The minimum Gasteiger partial charge on any atom is -0.505 e. The van der Waals surface area contributed by atoms with Crippen molar-refractivity contribution in [2.24, 2.45) is 0 Å². The zero-order valence-electron chi connectivity index (χ0n) is 10.1. The van der Waals surface area contributed by atoms with E-state index in [0.717, 1.165) is 17.7 Å². The molecule has 0 atom stereocenters. The second-order valence-corrected chi connectivity index (χ2v) is 3.86. The van der Waals surface area contributed by atoms with Gasteiger partial charge >= 0.3 is 0 Å². The van der Waals surface area contributed by atoms with Crippen LogP contribution in [0.5, 0.6) is 5.75 Å². The van der Waals surface area contributed by atoms with Crippen LogP contribution in [0.3, 0.4) is 0 Å². The summed E-state index contributed by atoms with van der Waals surface area (Å²) in [5, 5.41) is 12.4. The van der Waals surface area contributed by atoms with Gasteiger partial charge in [-0.3, -0.25) is 9.78 Å². The molecule has 0 unspecified atom stereocenters. The lowest BCUT2D eigenvalue weighted by atomic mass is 10.1. The number of nitrogens with one attached hydrogen (secondary N) is 1. The normalized spacial score (nSPS) is 10.1. The molecule has 1 aromatic carbocycles. The van der Waals surface area contributed by atoms with Gasteiger partial charge in [0, 0.05) is 11.9 Å². The maximum atomic E-state index is 12.0. The van der Waals surface area contributed by atoms with Gasteiger partial charge in [-0.05, 0) is 24.1 Å². The molecule has 0 fully saturated rings. The number of anilines is 1. The van der Waals surface area contributed by atoms with E-state index in [0.29, 0.717) is 0 Å². The maximum absolute atomic E-state index is 12.0. The third-order valence-electron chi connectivity index (χ3n) is 2.69. The molecule has 0 aliphatic heterocycles. The third-order valence-corrected chi connectivity index (χ3v) is 2.69. The Morgan fingerprint density at radius 1 is 1.33 bits per heavy atom. The molecule has 0 bridgehead atoms. The first-order chi connectivity index (χ1) is 8.72.